The molecule has 4 rings (SSSR count). The first-order chi connectivity index (χ1) is 18.1. The van der Waals surface area contributed by atoms with Crippen LogP contribution < -0.4 is 21.5 Å². The van der Waals surface area contributed by atoms with Gasteiger partial charge in [0.1, 0.15) is 5.82 Å². The minimum absolute atomic E-state index is 0.0140. The summed E-state index contributed by atoms with van der Waals surface area (Å²) in [5.74, 6) is -0.396. The maximum atomic E-state index is 13.3. The number of nitrogens with one attached hydrogen (secondary N) is 3. The molecular formula is C26H30N6O3. The molecule has 0 saturated carbocycles. The summed E-state index contributed by atoms with van der Waals surface area (Å²) in [6, 6.07) is 11.2. The van der Waals surface area contributed by atoms with Gasteiger partial charge in [-0.1, -0.05) is 17.7 Å². The van der Waals surface area contributed by atoms with Gasteiger partial charge in [-0.05, 0) is 32.0 Å². The second-order valence-corrected chi connectivity index (χ2v) is 8.08. The van der Waals surface area contributed by atoms with Crippen LogP contribution in [0.15, 0.2) is 59.8 Å². The second-order valence-electron chi connectivity index (χ2n) is 8.08. The molecule has 182 valence electrons. The molecule has 4 aromatic rings. The minimum atomic E-state index is -2.68. The van der Waals surface area contributed by atoms with Crippen LogP contribution in [0.3, 0.4) is 0 Å². The standard InChI is InChI=1S/C26H30N6O3/c1-5-31-11-10-22-24(26(31)34)21(16-32(22)12-13-35-4)30-20-14-23(28-15-19(20)25(33)27-3)29-18-8-6-17(2)7-9-18/h6-11,14-16H,5,12-13H2,1-4H3,(H,27,33)(H2,28,29,30)/i3D3. The van der Waals surface area contributed by atoms with Crippen molar-refractivity contribution in [1.82, 2.24) is 19.4 Å². The third kappa shape index (κ3) is 5.04. The Morgan fingerprint density at radius 1 is 1.14 bits per heavy atom. The number of aromatic nitrogens is 3. The van der Waals surface area contributed by atoms with E-state index in [1.165, 1.54) is 6.20 Å². The quantitative estimate of drug-likeness (QED) is 0.337. The van der Waals surface area contributed by atoms with E-state index in [2.05, 4.69) is 15.6 Å². The Balaban J connectivity index is 1.81. The molecule has 0 fully saturated rings. The highest BCUT2D eigenvalue weighted by Gasteiger charge is 2.18. The number of fused-ring (bicyclic) bond motifs is 1. The van der Waals surface area contributed by atoms with Crippen molar-refractivity contribution in [2.24, 2.45) is 0 Å². The normalized spacial score (nSPS) is 12.6. The summed E-state index contributed by atoms with van der Waals surface area (Å²) in [5.41, 5.74) is 3.18. The number of benzene rings is 1. The molecule has 1 aromatic carbocycles. The Kier molecular flexibility index (Phi) is 6.05. The zero-order valence-corrected chi connectivity index (χ0v) is 19.9. The molecular weight excluding hydrogens is 444 g/mol. The van der Waals surface area contributed by atoms with Crippen molar-refractivity contribution in [1.29, 1.82) is 0 Å². The van der Waals surface area contributed by atoms with E-state index >= 15 is 0 Å². The predicted molar refractivity (Wildman–Crippen MR) is 139 cm³/mol. The van der Waals surface area contributed by atoms with E-state index in [4.69, 9.17) is 8.85 Å². The first-order valence-electron chi connectivity index (χ1n) is 12.7. The largest absolute Gasteiger partial charge is 0.383 e. The van der Waals surface area contributed by atoms with Gasteiger partial charge in [0.15, 0.2) is 0 Å². The van der Waals surface area contributed by atoms with Gasteiger partial charge >= 0.3 is 0 Å². The van der Waals surface area contributed by atoms with Crippen LogP contribution in [-0.4, -0.2) is 40.7 Å². The fourth-order valence-electron chi connectivity index (χ4n) is 3.87. The molecule has 0 spiro atoms. The van der Waals surface area contributed by atoms with Crippen molar-refractivity contribution in [3.8, 4) is 0 Å². The summed E-state index contributed by atoms with van der Waals surface area (Å²) >= 11 is 0. The van der Waals surface area contributed by atoms with E-state index in [1.807, 2.05) is 54.1 Å². The van der Waals surface area contributed by atoms with Gasteiger partial charge in [-0.15, -0.1) is 0 Å². The topological polar surface area (TPSA) is 102 Å². The van der Waals surface area contributed by atoms with Crippen LogP contribution in [0.25, 0.3) is 10.9 Å². The molecule has 3 heterocycles. The van der Waals surface area contributed by atoms with Gasteiger partial charge < -0.3 is 29.8 Å². The number of carbonyl (C=O) groups excluding carboxylic acids is 1. The molecule has 3 N–H and O–H groups in total. The zero-order valence-electron chi connectivity index (χ0n) is 22.9. The summed E-state index contributed by atoms with van der Waals surface area (Å²) < 4.78 is 31.1. The Hall–Kier alpha value is -4.11. The Morgan fingerprint density at radius 3 is 2.66 bits per heavy atom. The van der Waals surface area contributed by atoms with Crippen LogP contribution in [0.5, 0.6) is 0 Å². The smallest absolute Gasteiger partial charge is 0.262 e. The van der Waals surface area contributed by atoms with Gasteiger partial charge in [-0.3, -0.25) is 9.59 Å². The van der Waals surface area contributed by atoms with Gasteiger partial charge in [0, 0.05) is 61.6 Å². The molecule has 9 heteroatoms. The number of nitrogens with zero attached hydrogens (tertiary/aromatic N) is 3. The van der Waals surface area contributed by atoms with Crippen molar-refractivity contribution in [2.45, 2.75) is 26.9 Å². The summed E-state index contributed by atoms with van der Waals surface area (Å²) in [7, 11) is 1.60. The Labute approximate surface area is 208 Å². The van der Waals surface area contributed by atoms with E-state index in [-0.39, 0.29) is 16.8 Å². The first-order valence-corrected chi connectivity index (χ1v) is 11.2. The van der Waals surface area contributed by atoms with Crippen LogP contribution in [0.1, 0.15) is 27.0 Å². The van der Waals surface area contributed by atoms with Crippen LogP contribution in [0, 0.1) is 6.92 Å². The Bertz CT molecular complexity index is 1510. The number of hydrogen-bond acceptors (Lipinski definition) is 6. The molecule has 0 radical (unpaired) electrons. The molecule has 0 unspecified atom stereocenters. The highest BCUT2D eigenvalue weighted by atomic mass is 16.5. The van der Waals surface area contributed by atoms with Gasteiger partial charge in [0.25, 0.3) is 11.5 Å². The summed E-state index contributed by atoms with van der Waals surface area (Å²) in [6.07, 6.45) is 4.82. The summed E-state index contributed by atoms with van der Waals surface area (Å²) in [6.45, 7) is 2.62. The minimum Gasteiger partial charge on any atom is -0.383 e. The lowest BCUT2D eigenvalue weighted by Gasteiger charge is -2.13. The number of aryl methyl sites for hydroxylation is 2. The van der Waals surface area contributed by atoms with Gasteiger partial charge in [-0.25, -0.2) is 4.98 Å². The average Bonchev–Trinajstić information content (AvgIpc) is 3.21. The molecule has 0 aliphatic heterocycles. The molecule has 0 aliphatic carbocycles. The lowest BCUT2D eigenvalue weighted by molar-refractivity contribution is 0.0963. The maximum absolute atomic E-state index is 13.3. The van der Waals surface area contributed by atoms with E-state index in [0.717, 1.165) is 11.3 Å². The lowest BCUT2D eigenvalue weighted by Crippen LogP contribution is -2.20. The third-order valence-corrected chi connectivity index (χ3v) is 5.74. The molecule has 3 aromatic heterocycles. The molecule has 0 bridgehead atoms. The van der Waals surface area contributed by atoms with Crippen molar-refractivity contribution in [2.75, 3.05) is 31.3 Å². The van der Waals surface area contributed by atoms with Crippen LogP contribution >= 0.6 is 0 Å². The van der Waals surface area contributed by atoms with Gasteiger partial charge in [0.2, 0.25) is 0 Å². The number of anilines is 4. The number of pyridine rings is 2. The van der Waals surface area contributed by atoms with E-state index in [9.17, 15) is 9.59 Å². The fourth-order valence-corrected chi connectivity index (χ4v) is 3.87. The first kappa shape index (κ1) is 20.3. The van der Waals surface area contributed by atoms with Crippen molar-refractivity contribution >= 4 is 39.7 Å². The van der Waals surface area contributed by atoms with E-state index in [1.54, 1.807) is 30.1 Å². The second kappa shape index (κ2) is 10.4. The molecule has 0 saturated heterocycles. The predicted octanol–water partition coefficient (Wildman–Crippen LogP) is 4.02. The molecule has 1 amide bonds. The fraction of sp³-hybridized carbons (Fsp3) is 0.269. The van der Waals surface area contributed by atoms with Crippen LogP contribution in [0.4, 0.5) is 22.9 Å². The number of carbonyl (C=O) groups is 1. The highest BCUT2D eigenvalue weighted by Crippen LogP contribution is 2.30. The van der Waals surface area contributed by atoms with Crippen molar-refractivity contribution < 1.29 is 13.6 Å². The maximum Gasteiger partial charge on any atom is 0.262 e. The average molecular weight is 478 g/mol. The van der Waals surface area contributed by atoms with Crippen LogP contribution in [-0.2, 0) is 17.8 Å². The van der Waals surface area contributed by atoms with Gasteiger partial charge in [-0.2, -0.15) is 0 Å². The van der Waals surface area contributed by atoms with E-state index in [0.29, 0.717) is 42.1 Å². The summed E-state index contributed by atoms with van der Waals surface area (Å²) in [4.78, 5) is 30.5. The lowest BCUT2D eigenvalue weighted by atomic mass is 10.2. The zero-order chi connectivity index (χ0) is 27.4. The highest BCUT2D eigenvalue weighted by molar-refractivity contribution is 6.02. The molecule has 0 aliphatic rings. The molecule has 0 atom stereocenters. The molecule has 9 nitrogen and oxygen atoms in total. The van der Waals surface area contributed by atoms with Gasteiger partial charge in [0.05, 0.1) is 34.4 Å². The van der Waals surface area contributed by atoms with Crippen molar-refractivity contribution in [3.63, 3.8) is 0 Å². The third-order valence-electron chi connectivity index (χ3n) is 5.74. The van der Waals surface area contributed by atoms with E-state index < -0.39 is 12.9 Å². The monoisotopic (exact) mass is 477 g/mol. The summed E-state index contributed by atoms with van der Waals surface area (Å²) in [5, 5.41) is 8.85. The molecule has 35 heavy (non-hydrogen) atoms. The number of methoxy groups -OCH3 is 1. The van der Waals surface area contributed by atoms with Crippen molar-refractivity contribution in [3.05, 3.63) is 76.5 Å². The Morgan fingerprint density at radius 2 is 1.94 bits per heavy atom. The number of ether oxygens (including phenoxy) is 1. The van der Waals surface area contributed by atoms with Crippen LogP contribution in [0.2, 0.25) is 0 Å². The number of rotatable bonds is 9. The number of hydrogen-bond donors (Lipinski definition) is 3. The SMILES string of the molecule is [2H]C([2H])([2H])NC(=O)c1cnc(Nc2ccc(C)cc2)cc1Nc1cn(CCOC)c2ccn(CC)c(=O)c12. The number of amides is 1.